The van der Waals surface area contributed by atoms with E-state index in [2.05, 4.69) is 21.1 Å². The summed E-state index contributed by atoms with van der Waals surface area (Å²) < 4.78 is 2.45. The van der Waals surface area contributed by atoms with Crippen LogP contribution in [0.4, 0.5) is 0 Å². The first-order valence-corrected chi connectivity index (χ1v) is 6.17. The molecule has 82 valence electrons. The average Bonchev–Trinajstić information content (AvgIpc) is 2.65. The molecule has 1 aliphatic carbocycles. The predicted molar refractivity (Wildman–Crippen MR) is 60.0 cm³/mol. The van der Waals surface area contributed by atoms with E-state index in [1.807, 2.05) is 6.33 Å². The van der Waals surface area contributed by atoms with Crippen LogP contribution in [0.1, 0.15) is 49.8 Å². The predicted octanol–water partition coefficient (Wildman–Crippen LogP) is 2.08. The van der Waals surface area contributed by atoms with Crippen LogP contribution in [-0.2, 0) is 0 Å². The number of aromatic nitrogens is 2. The van der Waals surface area contributed by atoms with Crippen LogP contribution in [0.2, 0.25) is 0 Å². The molecule has 0 unspecified atom stereocenters. The van der Waals surface area contributed by atoms with Gasteiger partial charge < -0.3 is 9.88 Å². The number of imidazole rings is 1. The highest BCUT2D eigenvalue weighted by Crippen LogP contribution is 2.31. The van der Waals surface area contributed by atoms with Crippen LogP contribution < -0.4 is 5.32 Å². The third-order valence-corrected chi connectivity index (χ3v) is 3.86. The fraction of sp³-hybridized carbons (Fsp3) is 0.750. The summed E-state index contributed by atoms with van der Waals surface area (Å²) in [4.78, 5) is 4.34. The number of hydrogen-bond acceptors (Lipinski definition) is 2. The molecule has 0 radical (unpaired) electrons. The molecule has 1 aliphatic heterocycles. The molecule has 2 aliphatic rings. The maximum atomic E-state index is 4.34. The lowest BCUT2D eigenvalue weighted by Gasteiger charge is -2.31. The zero-order chi connectivity index (χ0) is 10.1. The Morgan fingerprint density at radius 3 is 2.67 bits per heavy atom. The quantitative estimate of drug-likeness (QED) is 0.801. The first-order chi connectivity index (χ1) is 7.45. The smallest absolute Gasteiger partial charge is 0.0950 e. The Bertz CT molecular complexity index is 321. The number of nitrogens with one attached hydrogen (secondary N) is 1. The van der Waals surface area contributed by atoms with Crippen molar-refractivity contribution in [3.8, 4) is 0 Å². The van der Waals surface area contributed by atoms with E-state index in [4.69, 9.17) is 0 Å². The highest BCUT2D eigenvalue weighted by atomic mass is 15.1. The third kappa shape index (κ3) is 1.69. The number of nitrogens with zero attached hydrogens (tertiary/aromatic N) is 2. The van der Waals surface area contributed by atoms with E-state index >= 15 is 0 Å². The minimum Gasteiger partial charge on any atom is -0.331 e. The Balaban J connectivity index is 1.80. The van der Waals surface area contributed by atoms with E-state index in [9.17, 15) is 0 Å². The van der Waals surface area contributed by atoms with Gasteiger partial charge in [-0.3, -0.25) is 0 Å². The zero-order valence-electron chi connectivity index (χ0n) is 9.15. The van der Waals surface area contributed by atoms with Gasteiger partial charge in [0.15, 0.2) is 0 Å². The Labute approximate surface area is 90.9 Å². The van der Waals surface area contributed by atoms with Gasteiger partial charge in [-0.25, -0.2) is 4.98 Å². The molecular weight excluding hydrogens is 186 g/mol. The van der Waals surface area contributed by atoms with Crippen molar-refractivity contribution >= 4 is 0 Å². The van der Waals surface area contributed by atoms with Crippen molar-refractivity contribution in [3.63, 3.8) is 0 Å². The molecule has 1 saturated heterocycles. The van der Waals surface area contributed by atoms with Gasteiger partial charge in [-0.1, -0.05) is 19.3 Å². The molecule has 3 heteroatoms. The van der Waals surface area contributed by atoms with Gasteiger partial charge in [0.05, 0.1) is 6.33 Å². The van der Waals surface area contributed by atoms with Crippen LogP contribution in [-0.4, -0.2) is 22.6 Å². The van der Waals surface area contributed by atoms with E-state index in [0.717, 1.165) is 25.0 Å². The fourth-order valence-corrected chi connectivity index (χ4v) is 2.79. The van der Waals surface area contributed by atoms with Crippen LogP contribution in [0.3, 0.4) is 0 Å². The lowest BCUT2D eigenvalue weighted by Crippen LogP contribution is -2.41. The molecule has 2 heterocycles. The molecule has 15 heavy (non-hydrogen) atoms. The molecule has 1 aromatic heterocycles. The van der Waals surface area contributed by atoms with E-state index in [1.54, 1.807) is 0 Å². The Hall–Kier alpha value is -0.830. The van der Waals surface area contributed by atoms with Crippen molar-refractivity contribution in [3.05, 3.63) is 18.2 Å². The van der Waals surface area contributed by atoms with Gasteiger partial charge in [-0.05, 0) is 12.8 Å². The molecule has 0 amide bonds. The summed E-state index contributed by atoms with van der Waals surface area (Å²) in [5.74, 6) is 0.717. The molecule has 0 bridgehead atoms. The van der Waals surface area contributed by atoms with Gasteiger partial charge in [0.1, 0.15) is 0 Å². The van der Waals surface area contributed by atoms with E-state index in [0.29, 0.717) is 0 Å². The summed E-state index contributed by atoms with van der Waals surface area (Å²) in [5, 5.41) is 3.34. The van der Waals surface area contributed by atoms with Crippen molar-refractivity contribution in [2.45, 2.75) is 44.1 Å². The standard InChI is InChI=1S/C12H19N3/c1-2-4-11(5-3-1)15-9-14-8-12(15)10-6-13-7-10/h8-11,13H,1-7H2. The monoisotopic (exact) mass is 205 g/mol. The maximum absolute atomic E-state index is 4.34. The summed E-state index contributed by atoms with van der Waals surface area (Å²) in [7, 11) is 0. The van der Waals surface area contributed by atoms with Crippen molar-refractivity contribution in [2.24, 2.45) is 0 Å². The normalized spacial score (nSPS) is 24.0. The van der Waals surface area contributed by atoms with Crippen LogP contribution in [0.25, 0.3) is 0 Å². The Morgan fingerprint density at radius 1 is 1.20 bits per heavy atom. The van der Waals surface area contributed by atoms with Crippen LogP contribution in [0.5, 0.6) is 0 Å². The second kappa shape index (κ2) is 3.97. The second-order valence-corrected chi connectivity index (χ2v) is 4.87. The zero-order valence-corrected chi connectivity index (χ0v) is 9.15. The van der Waals surface area contributed by atoms with Gasteiger partial charge >= 0.3 is 0 Å². The topological polar surface area (TPSA) is 29.9 Å². The van der Waals surface area contributed by atoms with Crippen LogP contribution in [0, 0.1) is 0 Å². The molecule has 1 saturated carbocycles. The minimum absolute atomic E-state index is 0.717. The van der Waals surface area contributed by atoms with Gasteiger partial charge in [0, 0.05) is 36.9 Å². The summed E-state index contributed by atoms with van der Waals surface area (Å²) in [6.07, 6.45) is 11.0. The fourth-order valence-electron chi connectivity index (χ4n) is 2.79. The van der Waals surface area contributed by atoms with E-state index < -0.39 is 0 Å². The first kappa shape index (κ1) is 9.40. The average molecular weight is 205 g/mol. The second-order valence-electron chi connectivity index (χ2n) is 4.87. The molecule has 0 atom stereocenters. The molecule has 1 aromatic rings. The van der Waals surface area contributed by atoms with E-state index in [-0.39, 0.29) is 0 Å². The maximum Gasteiger partial charge on any atom is 0.0950 e. The molecular formula is C12H19N3. The highest BCUT2D eigenvalue weighted by Gasteiger charge is 2.25. The van der Waals surface area contributed by atoms with Crippen molar-refractivity contribution in [1.29, 1.82) is 0 Å². The number of hydrogen-bond donors (Lipinski definition) is 1. The summed E-state index contributed by atoms with van der Waals surface area (Å²) in [5.41, 5.74) is 1.46. The molecule has 0 spiro atoms. The summed E-state index contributed by atoms with van der Waals surface area (Å²) in [6.45, 7) is 2.27. The first-order valence-electron chi connectivity index (χ1n) is 6.17. The largest absolute Gasteiger partial charge is 0.331 e. The molecule has 3 nitrogen and oxygen atoms in total. The number of rotatable bonds is 2. The van der Waals surface area contributed by atoms with Gasteiger partial charge in [-0.2, -0.15) is 0 Å². The molecule has 2 fully saturated rings. The summed E-state index contributed by atoms with van der Waals surface area (Å²) >= 11 is 0. The van der Waals surface area contributed by atoms with Gasteiger partial charge in [0.25, 0.3) is 0 Å². The highest BCUT2D eigenvalue weighted by molar-refractivity contribution is 5.12. The van der Waals surface area contributed by atoms with Crippen LogP contribution >= 0.6 is 0 Å². The molecule has 1 N–H and O–H groups in total. The van der Waals surface area contributed by atoms with Crippen molar-refractivity contribution in [1.82, 2.24) is 14.9 Å². The SMILES string of the molecule is c1ncn(C2CCCCC2)c1C1CNC1. The van der Waals surface area contributed by atoms with Gasteiger partial charge in [0.2, 0.25) is 0 Å². The molecule has 3 rings (SSSR count). The minimum atomic E-state index is 0.717. The van der Waals surface area contributed by atoms with Crippen molar-refractivity contribution in [2.75, 3.05) is 13.1 Å². The third-order valence-electron chi connectivity index (χ3n) is 3.86. The Kier molecular flexibility index (Phi) is 2.49. The lowest BCUT2D eigenvalue weighted by molar-refractivity contribution is 0.329. The van der Waals surface area contributed by atoms with Crippen LogP contribution in [0.15, 0.2) is 12.5 Å². The summed E-state index contributed by atoms with van der Waals surface area (Å²) in [6, 6.07) is 0.733. The van der Waals surface area contributed by atoms with E-state index in [1.165, 1.54) is 37.8 Å². The lowest BCUT2D eigenvalue weighted by atomic mass is 9.93. The van der Waals surface area contributed by atoms with Gasteiger partial charge in [-0.15, -0.1) is 0 Å². The molecule has 0 aromatic carbocycles. The Morgan fingerprint density at radius 2 is 2.00 bits per heavy atom. The van der Waals surface area contributed by atoms with Crippen molar-refractivity contribution < 1.29 is 0 Å².